The van der Waals surface area contributed by atoms with Gasteiger partial charge in [-0.05, 0) is 47.5 Å². The van der Waals surface area contributed by atoms with Crippen LogP contribution >= 0.6 is 27.5 Å². The van der Waals surface area contributed by atoms with E-state index in [2.05, 4.69) is 15.9 Å². The van der Waals surface area contributed by atoms with E-state index in [0.717, 1.165) is 0 Å². The molecule has 0 aliphatic carbocycles. The summed E-state index contributed by atoms with van der Waals surface area (Å²) < 4.78 is 29.3. The largest absolute Gasteiger partial charge is 0.483 e. The van der Waals surface area contributed by atoms with Gasteiger partial charge in [0.2, 0.25) is 0 Å². The second-order valence-electron chi connectivity index (χ2n) is 5.10. The molecule has 5 nitrogen and oxygen atoms in total. The van der Waals surface area contributed by atoms with Gasteiger partial charge >= 0.3 is 0 Å². The smallest absolute Gasteiger partial charge is 0.260 e. The Kier molecular flexibility index (Phi) is 5.74. The van der Waals surface area contributed by atoms with E-state index in [1.807, 2.05) is 6.92 Å². The van der Waals surface area contributed by atoms with Gasteiger partial charge in [0.15, 0.2) is 16.4 Å². The Morgan fingerprint density at radius 1 is 1.50 bits per heavy atom. The van der Waals surface area contributed by atoms with E-state index in [1.54, 1.807) is 23.1 Å². The lowest BCUT2D eigenvalue weighted by Gasteiger charge is -2.26. The quantitative estimate of drug-likeness (QED) is 0.748. The summed E-state index contributed by atoms with van der Waals surface area (Å²) in [5.74, 6) is 0.488. The van der Waals surface area contributed by atoms with E-state index >= 15 is 0 Å². The summed E-state index contributed by atoms with van der Waals surface area (Å²) in [6.07, 6.45) is 0.493. The summed E-state index contributed by atoms with van der Waals surface area (Å²) in [5, 5.41) is 0.567. The van der Waals surface area contributed by atoms with Crippen molar-refractivity contribution < 1.29 is 17.9 Å². The molecule has 0 saturated carbocycles. The monoisotopic (exact) mass is 409 g/mol. The molecule has 122 valence electrons. The summed E-state index contributed by atoms with van der Waals surface area (Å²) >= 11 is 9.17. The standard InChI is InChI=1S/C14H17BrClNO4S/c1-2-17(11-5-6-22(19,20)9-11)14(18)8-21-13-4-3-10(16)7-12(13)15/h3-4,7,11H,2,5-6,8-9H2,1H3/t11-/m0/s1. The molecule has 1 aromatic carbocycles. The first-order valence-electron chi connectivity index (χ1n) is 6.90. The molecule has 0 radical (unpaired) electrons. The SMILES string of the molecule is CCN(C(=O)COc1ccc(Cl)cc1Br)[C@H]1CCS(=O)(=O)C1. The molecule has 0 aromatic heterocycles. The van der Waals surface area contributed by atoms with Gasteiger partial charge in [-0.1, -0.05) is 11.6 Å². The Bertz CT molecular complexity index is 665. The molecule has 1 amide bonds. The summed E-state index contributed by atoms with van der Waals surface area (Å²) in [4.78, 5) is 13.9. The minimum absolute atomic E-state index is 0.0389. The lowest BCUT2D eigenvalue weighted by Crippen LogP contribution is -2.43. The van der Waals surface area contributed by atoms with Crippen molar-refractivity contribution in [1.29, 1.82) is 0 Å². The van der Waals surface area contributed by atoms with Crippen molar-refractivity contribution >= 4 is 43.3 Å². The lowest BCUT2D eigenvalue weighted by molar-refractivity contribution is -0.135. The molecular weight excluding hydrogens is 394 g/mol. The molecule has 22 heavy (non-hydrogen) atoms. The first-order valence-corrected chi connectivity index (χ1v) is 9.89. The van der Waals surface area contributed by atoms with Crippen molar-refractivity contribution in [3.63, 3.8) is 0 Å². The fourth-order valence-corrected chi connectivity index (χ4v) is 5.00. The van der Waals surface area contributed by atoms with E-state index in [0.29, 0.717) is 28.2 Å². The van der Waals surface area contributed by atoms with Crippen molar-refractivity contribution in [1.82, 2.24) is 4.90 Å². The number of hydrogen-bond donors (Lipinski definition) is 0. The Labute approximate surface area is 143 Å². The molecule has 1 fully saturated rings. The first-order chi connectivity index (χ1) is 10.3. The van der Waals surface area contributed by atoms with E-state index < -0.39 is 9.84 Å². The summed E-state index contributed by atoms with van der Waals surface area (Å²) in [5.41, 5.74) is 0. The second-order valence-corrected chi connectivity index (χ2v) is 8.62. The molecule has 1 saturated heterocycles. The van der Waals surface area contributed by atoms with Crippen molar-refractivity contribution in [3.8, 4) is 5.75 Å². The van der Waals surface area contributed by atoms with Gasteiger partial charge in [-0.15, -0.1) is 0 Å². The van der Waals surface area contributed by atoms with E-state index in [-0.39, 0.29) is 30.1 Å². The van der Waals surface area contributed by atoms with Crippen molar-refractivity contribution in [2.75, 3.05) is 24.7 Å². The van der Waals surface area contributed by atoms with E-state index in [4.69, 9.17) is 16.3 Å². The Morgan fingerprint density at radius 3 is 2.77 bits per heavy atom. The molecule has 2 rings (SSSR count). The number of amides is 1. The topological polar surface area (TPSA) is 63.7 Å². The molecular formula is C14H17BrClNO4S. The van der Waals surface area contributed by atoms with Crippen LogP contribution in [0.25, 0.3) is 0 Å². The number of nitrogens with zero attached hydrogens (tertiary/aromatic N) is 1. The molecule has 1 aliphatic rings. The third kappa shape index (κ3) is 4.36. The average molecular weight is 411 g/mol. The zero-order valence-corrected chi connectivity index (χ0v) is 15.2. The predicted octanol–water partition coefficient (Wildman–Crippen LogP) is 2.52. The van der Waals surface area contributed by atoms with Gasteiger partial charge in [0, 0.05) is 17.6 Å². The third-order valence-corrected chi connectivity index (χ3v) is 6.16. The minimum atomic E-state index is -3.02. The number of ether oxygens (including phenoxy) is 1. The summed E-state index contributed by atoms with van der Waals surface area (Å²) in [6.45, 7) is 2.16. The Morgan fingerprint density at radius 2 is 2.23 bits per heavy atom. The molecule has 1 aromatic rings. The second kappa shape index (κ2) is 7.19. The van der Waals surface area contributed by atoms with Crippen LogP contribution in [0.5, 0.6) is 5.75 Å². The van der Waals surface area contributed by atoms with Gasteiger partial charge in [-0.25, -0.2) is 8.42 Å². The van der Waals surface area contributed by atoms with Crippen LogP contribution in [0.1, 0.15) is 13.3 Å². The highest BCUT2D eigenvalue weighted by Crippen LogP contribution is 2.28. The molecule has 0 bridgehead atoms. The highest BCUT2D eigenvalue weighted by molar-refractivity contribution is 9.10. The lowest BCUT2D eigenvalue weighted by atomic mass is 10.2. The van der Waals surface area contributed by atoms with Crippen molar-refractivity contribution in [2.24, 2.45) is 0 Å². The molecule has 0 spiro atoms. The van der Waals surface area contributed by atoms with Gasteiger partial charge < -0.3 is 9.64 Å². The molecule has 0 unspecified atom stereocenters. The highest BCUT2D eigenvalue weighted by atomic mass is 79.9. The van der Waals surface area contributed by atoms with Crippen LogP contribution in [0.4, 0.5) is 0 Å². The minimum Gasteiger partial charge on any atom is -0.483 e. The molecule has 8 heteroatoms. The van der Waals surface area contributed by atoms with Gasteiger partial charge in [-0.2, -0.15) is 0 Å². The van der Waals surface area contributed by atoms with Crippen LogP contribution in [-0.2, 0) is 14.6 Å². The van der Waals surface area contributed by atoms with Gasteiger partial charge in [0.1, 0.15) is 5.75 Å². The number of hydrogen-bond acceptors (Lipinski definition) is 4. The van der Waals surface area contributed by atoms with Crippen LogP contribution in [-0.4, -0.2) is 49.9 Å². The van der Waals surface area contributed by atoms with Crippen LogP contribution in [0.15, 0.2) is 22.7 Å². The maximum atomic E-state index is 12.3. The highest BCUT2D eigenvalue weighted by Gasteiger charge is 2.33. The summed E-state index contributed by atoms with van der Waals surface area (Å²) in [6, 6.07) is 4.78. The molecule has 0 N–H and O–H groups in total. The van der Waals surface area contributed by atoms with Gasteiger partial charge in [-0.3, -0.25) is 4.79 Å². The number of carbonyl (C=O) groups excluding carboxylic acids is 1. The number of carbonyl (C=O) groups is 1. The maximum Gasteiger partial charge on any atom is 0.260 e. The Balaban J connectivity index is 1.98. The van der Waals surface area contributed by atoms with Crippen LogP contribution in [0.3, 0.4) is 0 Å². The van der Waals surface area contributed by atoms with Crippen LogP contribution in [0.2, 0.25) is 5.02 Å². The molecule has 1 heterocycles. The number of sulfone groups is 1. The van der Waals surface area contributed by atoms with E-state index in [9.17, 15) is 13.2 Å². The van der Waals surface area contributed by atoms with Crippen LogP contribution < -0.4 is 4.74 Å². The normalized spacial score (nSPS) is 19.9. The average Bonchev–Trinajstić information content (AvgIpc) is 2.78. The van der Waals surface area contributed by atoms with Gasteiger partial charge in [0.05, 0.1) is 16.0 Å². The maximum absolute atomic E-state index is 12.3. The number of benzene rings is 1. The first kappa shape index (κ1) is 17.6. The van der Waals surface area contributed by atoms with Crippen LogP contribution in [0, 0.1) is 0 Å². The van der Waals surface area contributed by atoms with Crippen molar-refractivity contribution in [2.45, 2.75) is 19.4 Å². The van der Waals surface area contributed by atoms with Crippen molar-refractivity contribution in [3.05, 3.63) is 27.7 Å². The predicted molar refractivity (Wildman–Crippen MR) is 89.1 cm³/mol. The molecule has 1 atom stereocenters. The zero-order valence-electron chi connectivity index (χ0n) is 12.1. The van der Waals surface area contributed by atoms with E-state index in [1.165, 1.54) is 0 Å². The fraction of sp³-hybridized carbons (Fsp3) is 0.500. The third-order valence-electron chi connectivity index (χ3n) is 3.56. The zero-order chi connectivity index (χ0) is 16.3. The number of halogens is 2. The number of likely N-dealkylation sites (N-methyl/N-ethyl adjacent to an activating group) is 1. The fourth-order valence-electron chi connectivity index (χ4n) is 2.47. The number of rotatable bonds is 5. The Hall–Kier alpha value is -0.790. The van der Waals surface area contributed by atoms with Gasteiger partial charge in [0.25, 0.3) is 5.91 Å². The molecule has 1 aliphatic heterocycles. The summed E-state index contributed by atoms with van der Waals surface area (Å²) in [7, 11) is -3.02.